The van der Waals surface area contributed by atoms with E-state index < -0.39 is 18.0 Å². The van der Waals surface area contributed by atoms with Crippen LogP contribution in [0.1, 0.15) is 18.0 Å². The highest BCUT2D eigenvalue weighted by molar-refractivity contribution is 5.86. The Morgan fingerprint density at radius 1 is 1.15 bits per heavy atom. The van der Waals surface area contributed by atoms with Crippen molar-refractivity contribution in [3.63, 3.8) is 0 Å². The number of benzene rings is 1. The third kappa shape index (κ3) is 3.87. The molecule has 0 bridgehead atoms. The second-order valence-electron chi connectivity index (χ2n) is 8.08. The van der Waals surface area contributed by atoms with Crippen LogP contribution in [0.5, 0.6) is 5.75 Å². The van der Waals surface area contributed by atoms with Gasteiger partial charge in [0.1, 0.15) is 28.8 Å². The fourth-order valence-corrected chi connectivity index (χ4v) is 4.35. The number of hydrogen-bond acceptors (Lipinski definition) is 6. The number of pyridine rings is 2. The van der Waals surface area contributed by atoms with Crippen molar-refractivity contribution < 1.29 is 22.3 Å². The highest BCUT2D eigenvalue weighted by Crippen LogP contribution is 2.39. The van der Waals surface area contributed by atoms with Gasteiger partial charge in [-0.05, 0) is 30.2 Å². The zero-order valence-electron chi connectivity index (χ0n) is 17.6. The Morgan fingerprint density at radius 3 is 2.67 bits per heavy atom. The van der Waals surface area contributed by atoms with Gasteiger partial charge in [0.25, 0.3) is 0 Å². The molecule has 11 heteroatoms. The minimum atomic E-state index is -4.48. The predicted molar refractivity (Wildman–Crippen MR) is 113 cm³/mol. The van der Waals surface area contributed by atoms with Gasteiger partial charge in [0.05, 0.1) is 7.11 Å². The van der Waals surface area contributed by atoms with Crippen LogP contribution in [0.2, 0.25) is 0 Å². The van der Waals surface area contributed by atoms with E-state index in [4.69, 9.17) is 10.5 Å². The number of alkyl halides is 3. The summed E-state index contributed by atoms with van der Waals surface area (Å²) in [6, 6.07) is 6.64. The van der Waals surface area contributed by atoms with E-state index in [-0.39, 0.29) is 36.3 Å². The number of halogens is 4. The van der Waals surface area contributed by atoms with Gasteiger partial charge in [-0.25, -0.2) is 9.37 Å². The number of nitrogens with two attached hydrogens (primary N) is 1. The number of rotatable bonds is 4. The van der Waals surface area contributed by atoms with Crippen LogP contribution >= 0.6 is 0 Å². The van der Waals surface area contributed by atoms with Crippen LogP contribution in [0.4, 0.5) is 17.6 Å². The van der Waals surface area contributed by atoms with Crippen molar-refractivity contribution in [2.75, 3.05) is 20.2 Å². The maximum atomic E-state index is 14.0. The lowest BCUT2D eigenvalue weighted by Gasteiger charge is -2.30. The molecular weight excluding hydrogens is 440 g/mol. The molecular formula is C22H20F4N6O. The molecule has 4 aromatic rings. The molecule has 0 radical (unpaired) electrons. The summed E-state index contributed by atoms with van der Waals surface area (Å²) in [6.07, 6.45) is -2.58. The van der Waals surface area contributed by atoms with E-state index in [2.05, 4.69) is 15.2 Å². The van der Waals surface area contributed by atoms with Crippen LogP contribution in [0.3, 0.4) is 0 Å². The van der Waals surface area contributed by atoms with Crippen molar-refractivity contribution in [3.05, 3.63) is 54.0 Å². The van der Waals surface area contributed by atoms with Gasteiger partial charge < -0.3 is 10.5 Å². The van der Waals surface area contributed by atoms with Crippen molar-refractivity contribution in [1.29, 1.82) is 0 Å². The molecule has 172 valence electrons. The minimum absolute atomic E-state index is 0.0607. The fourth-order valence-electron chi connectivity index (χ4n) is 4.35. The summed E-state index contributed by atoms with van der Waals surface area (Å²) in [6.45, 7) is 0.431. The molecule has 33 heavy (non-hydrogen) atoms. The van der Waals surface area contributed by atoms with E-state index in [1.54, 1.807) is 12.1 Å². The average Bonchev–Trinajstić information content (AvgIpc) is 3.38. The van der Waals surface area contributed by atoms with Gasteiger partial charge in [-0.3, -0.25) is 9.30 Å². The molecule has 4 heterocycles. The Morgan fingerprint density at radius 2 is 1.97 bits per heavy atom. The number of methoxy groups -OCH3 is 1. The van der Waals surface area contributed by atoms with E-state index in [9.17, 15) is 17.6 Å². The van der Waals surface area contributed by atoms with Crippen molar-refractivity contribution in [2.45, 2.75) is 24.7 Å². The lowest BCUT2D eigenvalue weighted by molar-refractivity contribution is -0.183. The molecule has 0 aliphatic carbocycles. The van der Waals surface area contributed by atoms with Crippen LogP contribution in [0.15, 0.2) is 42.6 Å². The zero-order chi connectivity index (χ0) is 23.3. The number of nitrogens with zero attached hydrogens (tertiary/aromatic N) is 5. The van der Waals surface area contributed by atoms with Crippen molar-refractivity contribution in [2.24, 2.45) is 5.73 Å². The first-order valence-electron chi connectivity index (χ1n) is 10.3. The molecule has 1 saturated heterocycles. The van der Waals surface area contributed by atoms with Crippen LogP contribution in [0, 0.1) is 5.82 Å². The molecule has 1 aliphatic rings. The number of fused-ring (bicyclic) bond motifs is 2. The van der Waals surface area contributed by atoms with Gasteiger partial charge in [-0.15, -0.1) is 10.2 Å². The summed E-state index contributed by atoms with van der Waals surface area (Å²) < 4.78 is 62.6. The molecule has 2 N–H and O–H groups in total. The van der Waals surface area contributed by atoms with Gasteiger partial charge in [0, 0.05) is 36.8 Å². The number of hydrogen-bond donors (Lipinski definition) is 1. The maximum Gasteiger partial charge on any atom is 0.408 e. The first kappa shape index (κ1) is 21.5. The topological polar surface area (TPSA) is 81.6 Å². The van der Waals surface area contributed by atoms with Crippen LogP contribution in [-0.4, -0.2) is 56.9 Å². The molecule has 0 amide bonds. The molecule has 1 aromatic carbocycles. The molecule has 1 fully saturated rings. The Kier molecular flexibility index (Phi) is 5.17. The van der Waals surface area contributed by atoms with Gasteiger partial charge in [0.15, 0.2) is 11.5 Å². The summed E-state index contributed by atoms with van der Waals surface area (Å²) in [5, 5.41) is 8.73. The van der Waals surface area contributed by atoms with Gasteiger partial charge in [-0.2, -0.15) is 13.2 Å². The van der Waals surface area contributed by atoms with Crippen LogP contribution in [0.25, 0.3) is 28.1 Å². The highest BCUT2D eigenvalue weighted by atomic mass is 19.4. The second kappa shape index (κ2) is 7.92. The van der Waals surface area contributed by atoms with E-state index in [0.29, 0.717) is 28.7 Å². The first-order valence-corrected chi connectivity index (χ1v) is 10.3. The van der Waals surface area contributed by atoms with E-state index in [0.717, 1.165) is 0 Å². The second-order valence-corrected chi connectivity index (χ2v) is 8.08. The van der Waals surface area contributed by atoms with Gasteiger partial charge in [0.2, 0.25) is 0 Å². The third-order valence-electron chi connectivity index (χ3n) is 5.84. The van der Waals surface area contributed by atoms with Gasteiger partial charge in [-0.1, -0.05) is 12.1 Å². The molecule has 5 rings (SSSR count). The third-order valence-corrected chi connectivity index (χ3v) is 5.84. The molecule has 0 saturated carbocycles. The van der Waals surface area contributed by atoms with Crippen molar-refractivity contribution >= 4 is 16.6 Å². The van der Waals surface area contributed by atoms with E-state index in [1.165, 1.54) is 46.9 Å². The largest absolute Gasteiger partial charge is 0.494 e. The molecule has 0 spiro atoms. The summed E-state index contributed by atoms with van der Waals surface area (Å²) in [7, 11) is 1.41. The van der Waals surface area contributed by atoms with Crippen molar-refractivity contribution in [3.8, 4) is 17.3 Å². The SMILES string of the molecule is COc1cc(F)cc2ccc(-c3nnc4ccc([C@@H](N5CC[C@H](N)C5)C(F)(F)F)cn34)nc12. The summed E-state index contributed by atoms with van der Waals surface area (Å²) in [5.74, 6) is 0.0364. The monoisotopic (exact) mass is 460 g/mol. The Labute approximate surface area is 185 Å². The quantitative estimate of drug-likeness (QED) is 0.468. The molecule has 2 atom stereocenters. The Balaban J connectivity index is 1.62. The van der Waals surface area contributed by atoms with Crippen LogP contribution in [-0.2, 0) is 0 Å². The Hall–Kier alpha value is -3.31. The number of likely N-dealkylation sites (tertiary alicyclic amines) is 1. The summed E-state index contributed by atoms with van der Waals surface area (Å²) >= 11 is 0. The lowest BCUT2D eigenvalue weighted by Crippen LogP contribution is -2.38. The Bertz CT molecular complexity index is 1340. The normalized spacial score (nSPS) is 18.3. The van der Waals surface area contributed by atoms with Crippen molar-refractivity contribution in [1.82, 2.24) is 24.5 Å². The molecule has 3 aromatic heterocycles. The van der Waals surface area contributed by atoms with Gasteiger partial charge >= 0.3 is 6.18 Å². The lowest BCUT2D eigenvalue weighted by atomic mass is 10.1. The summed E-state index contributed by atoms with van der Waals surface area (Å²) in [5.41, 5.74) is 7.07. The zero-order valence-corrected chi connectivity index (χ0v) is 17.6. The first-order chi connectivity index (χ1) is 15.7. The standard InChI is InChI=1S/C22H20F4N6O/c1-33-17-9-14(23)8-12-2-4-16(28-19(12)17)21-30-29-18-5-3-13(10-32(18)21)20(22(24,25)26)31-7-6-15(27)11-31/h2-5,8-10,15,20H,6-7,11,27H2,1H3/t15-,20+/m0/s1. The van der Waals surface area contributed by atoms with E-state index >= 15 is 0 Å². The van der Waals surface area contributed by atoms with E-state index in [1.807, 2.05) is 0 Å². The minimum Gasteiger partial charge on any atom is -0.494 e. The number of aromatic nitrogens is 4. The highest BCUT2D eigenvalue weighted by Gasteiger charge is 2.46. The maximum absolute atomic E-state index is 14.0. The predicted octanol–water partition coefficient (Wildman–Crippen LogP) is 3.73. The van der Waals surface area contributed by atoms with Crippen LogP contribution < -0.4 is 10.5 Å². The fraction of sp³-hybridized carbons (Fsp3) is 0.318. The summed E-state index contributed by atoms with van der Waals surface area (Å²) in [4.78, 5) is 5.88. The number of ether oxygens (including phenoxy) is 1. The average molecular weight is 460 g/mol. The smallest absolute Gasteiger partial charge is 0.408 e. The molecule has 1 aliphatic heterocycles. The molecule has 0 unspecified atom stereocenters. The molecule has 7 nitrogen and oxygen atoms in total.